The van der Waals surface area contributed by atoms with Crippen molar-refractivity contribution in [3.8, 4) is 0 Å². The zero-order valence-electron chi connectivity index (χ0n) is 16.0. The smallest absolute Gasteiger partial charge is 0.270 e. The minimum absolute atomic E-state index is 0.0349. The van der Waals surface area contributed by atoms with Gasteiger partial charge in [-0.25, -0.2) is 0 Å². The number of aromatic amines is 1. The molecule has 2 saturated heterocycles. The average molecular weight is 365 g/mol. The van der Waals surface area contributed by atoms with Crippen molar-refractivity contribution >= 4 is 22.7 Å². The first-order chi connectivity index (χ1) is 13.1. The molecule has 1 spiro atoms. The van der Waals surface area contributed by atoms with Crippen molar-refractivity contribution in [3.63, 3.8) is 0 Å². The van der Waals surface area contributed by atoms with E-state index >= 15 is 0 Å². The summed E-state index contributed by atoms with van der Waals surface area (Å²) in [6.45, 7) is 5.07. The Morgan fingerprint density at radius 1 is 1.22 bits per heavy atom. The molecule has 3 fully saturated rings. The molecule has 27 heavy (non-hydrogen) atoms. The highest BCUT2D eigenvalue weighted by Gasteiger charge is 2.50. The van der Waals surface area contributed by atoms with Crippen LogP contribution >= 0.6 is 0 Å². The number of likely N-dealkylation sites (tertiary alicyclic amines) is 2. The number of amides is 2. The standard InChI is InChI=1S/C22H27N3O2/c1-15-17-5-2-3-6-18(17)23-19(15)20(26)25-12-10-22(14-25)9-4-11-24(21(22)27)13-16-7-8-16/h2-3,5-6,16,23H,4,7-14H2,1H3/t22-/m0/s1. The van der Waals surface area contributed by atoms with Gasteiger partial charge in [-0.15, -0.1) is 0 Å². The van der Waals surface area contributed by atoms with Gasteiger partial charge in [0.2, 0.25) is 5.91 Å². The lowest BCUT2D eigenvalue weighted by atomic mass is 9.78. The van der Waals surface area contributed by atoms with Crippen LogP contribution in [0.3, 0.4) is 0 Å². The van der Waals surface area contributed by atoms with Gasteiger partial charge in [-0.3, -0.25) is 9.59 Å². The zero-order chi connectivity index (χ0) is 18.6. The lowest BCUT2D eigenvalue weighted by Crippen LogP contribution is -2.51. The van der Waals surface area contributed by atoms with Crippen LogP contribution in [0.15, 0.2) is 24.3 Å². The van der Waals surface area contributed by atoms with Gasteiger partial charge in [0.05, 0.1) is 5.41 Å². The number of carbonyl (C=O) groups is 2. The Morgan fingerprint density at radius 2 is 2.04 bits per heavy atom. The van der Waals surface area contributed by atoms with E-state index in [1.54, 1.807) is 0 Å². The van der Waals surface area contributed by atoms with Crippen LogP contribution in [0.5, 0.6) is 0 Å². The molecule has 1 aromatic heterocycles. The lowest BCUT2D eigenvalue weighted by Gasteiger charge is -2.39. The summed E-state index contributed by atoms with van der Waals surface area (Å²) >= 11 is 0. The van der Waals surface area contributed by atoms with Gasteiger partial charge in [-0.1, -0.05) is 18.2 Å². The SMILES string of the molecule is Cc1c(C(=O)N2CC[C@@]3(CCCN(CC4CC4)C3=O)C2)[nH]c2ccccc12. The summed E-state index contributed by atoms with van der Waals surface area (Å²) in [6.07, 6.45) is 5.31. The van der Waals surface area contributed by atoms with Crippen molar-refractivity contribution in [1.82, 2.24) is 14.8 Å². The highest BCUT2D eigenvalue weighted by Crippen LogP contribution is 2.42. The fourth-order valence-electron chi connectivity index (χ4n) is 5.02. The van der Waals surface area contributed by atoms with Gasteiger partial charge < -0.3 is 14.8 Å². The Labute approximate surface area is 159 Å². The number of benzene rings is 1. The first-order valence-electron chi connectivity index (χ1n) is 10.2. The molecule has 2 aliphatic heterocycles. The van der Waals surface area contributed by atoms with Crippen LogP contribution in [0.1, 0.15) is 48.2 Å². The van der Waals surface area contributed by atoms with E-state index < -0.39 is 0 Å². The van der Waals surface area contributed by atoms with Gasteiger partial charge in [-0.2, -0.15) is 0 Å². The Kier molecular flexibility index (Phi) is 3.81. The molecule has 1 atom stereocenters. The molecule has 0 bridgehead atoms. The molecule has 5 nitrogen and oxygen atoms in total. The number of nitrogens with one attached hydrogen (secondary N) is 1. The van der Waals surface area contributed by atoms with E-state index in [-0.39, 0.29) is 11.3 Å². The second kappa shape index (κ2) is 6.11. The third kappa shape index (κ3) is 2.75. The summed E-state index contributed by atoms with van der Waals surface area (Å²) in [6, 6.07) is 8.03. The van der Waals surface area contributed by atoms with Crippen LogP contribution in [0.25, 0.3) is 10.9 Å². The monoisotopic (exact) mass is 365 g/mol. The number of nitrogens with zero attached hydrogens (tertiary/aromatic N) is 2. The fourth-order valence-corrected chi connectivity index (χ4v) is 5.02. The predicted molar refractivity (Wildman–Crippen MR) is 105 cm³/mol. The van der Waals surface area contributed by atoms with Crippen molar-refractivity contribution in [2.24, 2.45) is 11.3 Å². The molecule has 3 heterocycles. The number of aromatic nitrogens is 1. The van der Waals surface area contributed by atoms with Gasteiger partial charge in [-0.05, 0) is 56.6 Å². The molecule has 3 aliphatic rings. The molecular formula is C22H27N3O2. The van der Waals surface area contributed by atoms with E-state index in [0.29, 0.717) is 24.7 Å². The molecule has 0 unspecified atom stereocenters. The molecule has 2 amide bonds. The Morgan fingerprint density at radius 3 is 2.81 bits per heavy atom. The number of para-hydroxylation sites is 1. The van der Waals surface area contributed by atoms with Crippen LogP contribution < -0.4 is 0 Å². The molecule has 2 aromatic rings. The summed E-state index contributed by atoms with van der Waals surface area (Å²) < 4.78 is 0. The first kappa shape index (κ1) is 16.8. The highest BCUT2D eigenvalue weighted by molar-refractivity contribution is 6.01. The molecule has 142 valence electrons. The molecule has 5 rings (SSSR count). The van der Waals surface area contributed by atoms with Gasteiger partial charge in [0.15, 0.2) is 0 Å². The number of hydrogen-bond donors (Lipinski definition) is 1. The first-order valence-corrected chi connectivity index (χ1v) is 10.2. The summed E-state index contributed by atoms with van der Waals surface area (Å²) in [5.41, 5.74) is 2.33. The van der Waals surface area contributed by atoms with Crippen LogP contribution in [-0.4, -0.2) is 52.8 Å². The third-order valence-corrected chi connectivity index (χ3v) is 6.82. The number of piperidine rings is 1. The second-order valence-electron chi connectivity index (χ2n) is 8.73. The highest BCUT2D eigenvalue weighted by atomic mass is 16.2. The number of fused-ring (bicyclic) bond motifs is 1. The number of H-pyrrole nitrogens is 1. The van der Waals surface area contributed by atoms with E-state index in [1.807, 2.05) is 36.1 Å². The summed E-state index contributed by atoms with van der Waals surface area (Å²) in [4.78, 5) is 33.7. The Hall–Kier alpha value is -2.30. The quantitative estimate of drug-likeness (QED) is 0.907. The van der Waals surface area contributed by atoms with Crippen LogP contribution in [0.2, 0.25) is 0 Å². The summed E-state index contributed by atoms with van der Waals surface area (Å²) in [7, 11) is 0. The number of carbonyl (C=O) groups excluding carboxylic acids is 2. The summed E-state index contributed by atoms with van der Waals surface area (Å²) in [5.74, 6) is 1.05. The summed E-state index contributed by atoms with van der Waals surface area (Å²) in [5, 5.41) is 1.10. The van der Waals surface area contributed by atoms with E-state index in [1.165, 1.54) is 12.8 Å². The molecule has 0 radical (unpaired) electrons. The molecule has 1 N–H and O–H groups in total. The van der Waals surface area contributed by atoms with Gasteiger partial charge in [0.25, 0.3) is 5.91 Å². The predicted octanol–water partition coefficient (Wildman–Crippen LogP) is 3.34. The van der Waals surface area contributed by atoms with Crippen molar-refractivity contribution < 1.29 is 9.59 Å². The largest absolute Gasteiger partial charge is 0.350 e. The Balaban J connectivity index is 1.37. The van der Waals surface area contributed by atoms with E-state index in [4.69, 9.17) is 0 Å². The fraction of sp³-hybridized carbons (Fsp3) is 0.545. The van der Waals surface area contributed by atoms with E-state index in [9.17, 15) is 9.59 Å². The molecular weight excluding hydrogens is 338 g/mol. The Bertz CT molecular complexity index is 913. The third-order valence-electron chi connectivity index (χ3n) is 6.82. The van der Waals surface area contributed by atoms with Crippen LogP contribution in [0, 0.1) is 18.3 Å². The maximum absolute atomic E-state index is 13.2. The lowest BCUT2D eigenvalue weighted by molar-refractivity contribution is -0.145. The minimum Gasteiger partial charge on any atom is -0.350 e. The van der Waals surface area contributed by atoms with Crippen LogP contribution in [0.4, 0.5) is 0 Å². The van der Waals surface area contributed by atoms with Gasteiger partial charge >= 0.3 is 0 Å². The topological polar surface area (TPSA) is 56.4 Å². The molecule has 5 heteroatoms. The van der Waals surface area contributed by atoms with E-state index in [0.717, 1.165) is 54.7 Å². The van der Waals surface area contributed by atoms with Crippen molar-refractivity contribution in [1.29, 1.82) is 0 Å². The minimum atomic E-state index is -0.345. The molecule has 1 aliphatic carbocycles. The van der Waals surface area contributed by atoms with Crippen molar-refractivity contribution in [2.75, 3.05) is 26.2 Å². The number of hydrogen-bond acceptors (Lipinski definition) is 2. The van der Waals surface area contributed by atoms with Crippen molar-refractivity contribution in [2.45, 2.75) is 39.0 Å². The maximum Gasteiger partial charge on any atom is 0.270 e. The van der Waals surface area contributed by atoms with Gasteiger partial charge in [0.1, 0.15) is 5.69 Å². The maximum atomic E-state index is 13.2. The number of aryl methyl sites for hydroxylation is 1. The zero-order valence-corrected chi connectivity index (χ0v) is 16.0. The second-order valence-corrected chi connectivity index (χ2v) is 8.73. The average Bonchev–Trinajstić information content (AvgIpc) is 3.29. The number of rotatable bonds is 3. The molecule has 1 aromatic carbocycles. The van der Waals surface area contributed by atoms with Crippen molar-refractivity contribution in [3.05, 3.63) is 35.5 Å². The molecule has 1 saturated carbocycles. The van der Waals surface area contributed by atoms with Crippen LogP contribution in [-0.2, 0) is 4.79 Å². The van der Waals surface area contributed by atoms with Gasteiger partial charge in [0, 0.05) is 37.1 Å². The normalized spacial score (nSPS) is 25.7. The van der Waals surface area contributed by atoms with E-state index in [2.05, 4.69) is 9.88 Å².